The van der Waals surface area contributed by atoms with Crippen LogP contribution in [0.25, 0.3) is 0 Å². The molecule has 4 heteroatoms. The van der Waals surface area contributed by atoms with E-state index in [-0.39, 0.29) is 17.2 Å². The van der Waals surface area contributed by atoms with E-state index in [2.05, 4.69) is 0 Å². The fraction of sp³-hybridized carbons (Fsp3) is 0.462. The van der Waals surface area contributed by atoms with Gasteiger partial charge in [0.15, 0.2) is 5.78 Å². The number of rotatable bonds is 3. The number of hydrogen-bond donors (Lipinski definition) is 1. The summed E-state index contributed by atoms with van der Waals surface area (Å²) in [4.78, 5) is 12.0. The molecule has 0 atom stereocenters. The molecule has 2 rings (SSSR count). The Balaban J connectivity index is 2.16. The summed E-state index contributed by atoms with van der Waals surface area (Å²) in [7, 11) is 0. The summed E-state index contributed by atoms with van der Waals surface area (Å²) in [6, 6.07) is 4.38. The largest absolute Gasteiger partial charge is 0.382 e. The second kappa shape index (κ2) is 4.75. The number of hydrogen-bond acceptors (Lipinski definition) is 2. The molecule has 1 aliphatic rings. The second-order valence-electron chi connectivity index (χ2n) is 4.55. The standard InChI is InChI=1S/C13H14ClFO2/c14-12-9(4-3-5-10(12)15)8-11(16)13(17)6-1-2-7-13/h3-5,17H,1-2,6-8H2. The van der Waals surface area contributed by atoms with Crippen LogP contribution < -0.4 is 0 Å². The van der Waals surface area contributed by atoms with Gasteiger partial charge in [-0.15, -0.1) is 0 Å². The zero-order chi connectivity index (χ0) is 12.5. The molecule has 1 N–H and O–H groups in total. The van der Waals surface area contributed by atoms with E-state index in [1.807, 2.05) is 0 Å². The molecule has 2 nitrogen and oxygen atoms in total. The first-order chi connectivity index (χ1) is 8.03. The number of aliphatic hydroxyl groups is 1. The van der Waals surface area contributed by atoms with E-state index in [0.29, 0.717) is 18.4 Å². The van der Waals surface area contributed by atoms with Crippen molar-refractivity contribution in [1.29, 1.82) is 0 Å². The first-order valence-electron chi connectivity index (χ1n) is 5.71. The summed E-state index contributed by atoms with van der Waals surface area (Å²) in [6.45, 7) is 0. The quantitative estimate of drug-likeness (QED) is 0.903. The van der Waals surface area contributed by atoms with Crippen LogP contribution in [0.3, 0.4) is 0 Å². The molecular formula is C13H14ClFO2. The lowest BCUT2D eigenvalue weighted by Gasteiger charge is -2.20. The lowest BCUT2D eigenvalue weighted by molar-refractivity contribution is -0.136. The summed E-state index contributed by atoms with van der Waals surface area (Å²) < 4.78 is 13.2. The van der Waals surface area contributed by atoms with Crippen LogP contribution in [0, 0.1) is 5.82 Å². The molecule has 0 unspecified atom stereocenters. The van der Waals surface area contributed by atoms with Crippen LogP contribution in [-0.2, 0) is 11.2 Å². The van der Waals surface area contributed by atoms with E-state index in [9.17, 15) is 14.3 Å². The summed E-state index contributed by atoms with van der Waals surface area (Å²) in [5, 5.41) is 10.1. The third kappa shape index (κ3) is 2.50. The van der Waals surface area contributed by atoms with E-state index in [1.54, 1.807) is 6.07 Å². The van der Waals surface area contributed by atoms with Gasteiger partial charge in [-0.3, -0.25) is 4.79 Å². The van der Waals surface area contributed by atoms with Crippen molar-refractivity contribution in [3.63, 3.8) is 0 Å². The summed E-state index contributed by atoms with van der Waals surface area (Å²) in [6.07, 6.45) is 2.71. The zero-order valence-corrected chi connectivity index (χ0v) is 10.1. The van der Waals surface area contributed by atoms with Crippen LogP contribution in [0.15, 0.2) is 18.2 Å². The van der Waals surface area contributed by atoms with E-state index >= 15 is 0 Å². The third-order valence-electron chi connectivity index (χ3n) is 3.33. The first kappa shape index (κ1) is 12.5. The van der Waals surface area contributed by atoms with Crippen molar-refractivity contribution in [2.75, 3.05) is 0 Å². The third-order valence-corrected chi connectivity index (χ3v) is 3.76. The summed E-state index contributed by atoms with van der Waals surface area (Å²) >= 11 is 5.78. The van der Waals surface area contributed by atoms with Crippen molar-refractivity contribution >= 4 is 17.4 Å². The number of halogens is 2. The average Bonchev–Trinajstić information content (AvgIpc) is 2.73. The number of ketones is 1. The Labute approximate surface area is 104 Å². The van der Waals surface area contributed by atoms with Gasteiger partial charge in [0.25, 0.3) is 0 Å². The first-order valence-corrected chi connectivity index (χ1v) is 6.09. The van der Waals surface area contributed by atoms with Crippen molar-refractivity contribution in [3.05, 3.63) is 34.6 Å². The fourth-order valence-corrected chi connectivity index (χ4v) is 2.45. The lowest BCUT2D eigenvalue weighted by atomic mass is 9.92. The number of carbonyl (C=O) groups is 1. The molecule has 17 heavy (non-hydrogen) atoms. The maximum absolute atomic E-state index is 13.2. The highest BCUT2D eigenvalue weighted by atomic mass is 35.5. The predicted octanol–water partition coefficient (Wildman–Crippen LogP) is 2.90. The smallest absolute Gasteiger partial charge is 0.168 e. The Bertz CT molecular complexity index is 439. The van der Waals surface area contributed by atoms with Gasteiger partial charge >= 0.3 is 0 Å². The number of benzene rings is 1. The molecule has 1 fully saturated rings. The Hall–Kier alpha value is -0.930. The van der Waals surface area contributed by atoms with Crippen LogP contribution in [0.1, 0.15) is 31.2 Å². The monoisotopic (exact) mass is 256 g/mol. The number of Topliss-reactive ketones (excluding diaryl/α,β-unsaturated/α-hetero) is 1. The highest BCUT2D eigenvalue weighted by Crippen LogP contribution is 2.32. The molecule has 0 amide bonds. The van der Waals surface area contributed by atoms with Crippen LogP contribution >= 0.6 is 11.6 Å². The highest BCUT2D eigenvalue weighted by molar-refractivity contribution is 6.31. The Morgan fingerprint density at radius 1 is 1.41 bits per heavy atom. The minimum absolute atomic E-state index is 0.00685. The maximum Gasteiger partial charge on any atom is 0.168 e. The Morgan fingerprint density at radius 2 is 2.06 bits per heavy atom. The second-order valence-corrected chi connectivity index (χ2v) is 4.93. The van der Waals surface area contributed by atoms with Crippen LogP contribution in [0.5, 0.6) is 0 Å². The molecule has 1 saturated carbocycles. The van der Waals surface area contributed by atoms with Gasteiger partial charge in [0.1, 0.15) is 11.4 Å². The van der Waals surface area contributed by atoms with Gasteiger partial charge in [-0.25, -0.2) is 4.39 Å². The Morgan fingerprint density at radius 3 is 2.71 bits per heavy atom. The maximum atomic E-state index is 13.2. The minimum Gasteiger partial charge on any atom is -0.382 e. The Kier molecular flexibility index (Phi) is 3.50. The van der Waals surface area contributed by atoms with Crippen molar-refractivity contribution in [2.45, 2.75) is 37.7 Å². The number of carbonyl (C=O) groups excluding carboxylic acids is 1. The van der Waals surface area contributed by atoms with Crippen molar-refractivity contribution in [3.8, 4) is 0 Å². The lowest BCUT2D eigenvalue weighted by Crippen LogP contribution is -2.36. The van der Waals surface area contributed by atoms with Crippen molar-refractivity contribution in [2.24, 2.45) is 0 Å². The molecule has 1 aromatic rings. The van der Waals surface area contributed by atoms with E-state index in [1.165, 1.54) is 12.1 Å². The summed E-state index contributed by atoms with van der Waals surface area (Å²) in [5.41, 5.74) is -0.785. The van der Waals surface area contributed by atoms with Gasteiger partial charge in [-0.05, 0) is 37.3 Å². The molecule has 1 aliphatic carbocycles. The van der Waals surface area contributed by atoms with Crippen molar-refractivity contribution < 1.29 is 14.3 Å². The van der Waals surface area contributed by atoms with Gasteiger partial charge in [-0.2, -0.15) is 0 Å². The van der Waals surface area contributed by atoms with Crippen molar-refractivity contribution in [1.82, 2.24) is 0 Å². The van der Waals surface area contributed by atoms with Gasteiger partial charge < -0.3 is 5.11 Å². The molecule has 0 aliphatic heterocycles. The molecule has 0 bridgehead atoms. The van der Waals surface area contributed by atoms with Gasteiger partial charge in [0, 0.05) is 6.42 Å². The summed E-state index contributed by atoms with van der Waals surface area (Å²) in [5.74, 6) is -0.794. The van der Waals surface area contributed by atoms with Gasteiger partial charge in [0.2, 0.25) is 0 Å². The van der Waals surface area contributed by atoms with E-state index in [4.69, 9.17) is 11.6 Å². The molecular weight excluding hydrogens is 243 g/mol. The fourth-order valence-electron chi connectivity index (χ4n) is 2.26. The highest BCUT2D eigenvalue weighted by Gasteiger charge is 2.38. The molecule has 1 aromatic carbocycles. The van der Waals surface area contributed by atoms with Gasteiger partial charge in [0.05, 0.1) is 5.02 Å². The zero-order valence-electron chi connectivity index (χ0n) is 9.38. The molecule has 0 spiro atoms. The predicted molar refractivity (Wildman–Crippen MR) is 63.5 cm³/mol. The van der Waals surface area contributed by atoms with E-state index < -0.39 is 11.4 Å². The average molecular weight is 257 g/mol. The van der Waals surface area contributed by atoms with E-state index in [0.717, 1.165) is 12.8 Å². The molecule has 0 aromatic heterocycles. The normalized spacial score (nSPS) is 18.3. The van der Waals surface area contributed by atoms with Crippen LogP contribution in [-0.4, -0.2) is 16.5 Å². The van der Waals surface area contributed by atoms with Gasteiger partial charge in [-0.1, -0.05) is 23.7 Å². The SMILES string of the molecule is O=C(Cc1cccc(F)c1Cl)C1(O)CCCC1. The molecule has 0 radical (unpaired) electrons. The molecule has 92 valence electrons. The van der Waals surface area contributed by atoms with Crippen LogP contribution in [0.4, 0.5) is 4.39 Å². The molecule has 0 heterocycles. The topological polar surface area (TPSA) is 37.3 Å². The minimum atomic E-state index is -1.23. The van der Waals surface area contributed by atoms with Crippen LogP contribution in [0.2, 0.25) is 5.02 Å². The molecule has 0 saturated heterocycles.